The molecule has 92 valence electrons. The van der Waals surface area contributed by atoms with Gasteiger partial charge in [-0.15, -0.1) is 0 Å². The second-order valence-electron chi connectivity index (χ2n) is 3.44. The lowest BCUT2D eigenvalue weighted by molar-refractivity contribution is 0.0526. The molecule has 0 saturated heterocycles. The van der Waals surface area contributed by atoms with Crippen molar-refractivity contribution in [3.05, 3.63) is 42.0 Å². The summed E-state index contributed by atoms with van der Waals surface area (Å²) in [5.74, 6) is 0.973. The van der Waals surface area contributed by atoms with Crippen LogP contribution in [0.2, 0.25) is 0 Å². The summed E-state index contributed by atoms with van der Waals surface area (Å²) in [5.41, 5.74) is 1.43. The lowest BCUT2D eigenvalue weighted by atomic mass is 10.2. The fourth-order valence-electron chi connectivity index (χ4n) is 1.13. The normalized spacial score (nSPS) is 9.76. The van der Waals surface area contributed by atoms with Gasteiger partial charge in [0.05, 0.1) is 12.2 Å². The molecule has 0 radical (unpaired) electrons. The number of benzene rings is 1. The van der Waals surface area contributed by atoms with E-state index >= 15 is 0 Å². The maximum Gasteiger partial charge on any atom is 0.338 e. The van der Waals surface area contributed by atoms with E-state index in [0.29, 0.717) is 30.3 Å². The van der Waals surface area contributed by atoms with Crippen LogP contribution in [0.4, 0.5) is 0 Å². The Morgan fingerprint density at radius 3 is 2.53 bits per heavy atom. The highest BCUT2D eigenvalue weighted by Crippen LogP contribution is 2.13. The molecular formula is C13H16O3S. The molecule has 0 spiro atoms. The van der Waals surface area contributed by atoms with E-state index in [-0.39, 0.29) is 5.97 Å². The monoisotopic (exact) mass is 252 g/mol. The quantitative estimate of drug-likeness (QED) is 0.480. The van der Waals surface area contributed by atoms with E-state index in [1.165, 1.54) is 0 Å². The predicted octanol–water partition coefficient (Wildman–Crippen LogP) is 2.73. The second kappa shape index (κ2) is 7.01. The van der Waals surface area contributed by atoms with Crippen LogP contribution >= 0.6 is 12.6 Å². The van der Waals surface area contributed by atoms with Crippen LogP contribution in [0.3, 0.4) is 0 Å². The lowest BCUT2D eigenvalue weighted by Crippen LogP contribution is -2.05. The third-order valence-corrected chi connectivity index (χ3v) is 2.48. The van der Waals surface area contributed by atoms with Crippen molar-refractivity contribution in [2.75, 3.05) is 19.0 Å². The Morgan fingerprint density at radius 2 is 2.00 bits per heavy atom. The van der Waals surface area contributed by atoms with Crippen LogP contribution < -0.4 is 4.74 Å². The molecular weight excluding hydrogens is 236 g/mol. The first-order chi connectivity index (χ1) is 8.17. The minimum Gasteiger partial charge on any atom is -0.489 e. The van der Waals surface area contributed by atoms with Crippen molar-refractivity contribution in [2.24, 2.45) is 0 Å². The van der Waals surface area contributed by atoms with Gasteiger partial charge in [0.25, 0.3) is 0 Å². The van der Waals surface area contributed by atoms with Gasteiger partial charge in [0, 0.05) is 5.75 Å². The molecule has 4 heteroatoms. The molecule has 0 bridgehead atoms. The Morgan fingerprint density at radius 1 is 1.35 bits per heavy atom. The fraction of sp³-hybridized carbons (Fsp3) is 0.308. The zero-order valence-corrected chi connectivity index (χ0v) is 10.7. The van der Waals surface area contributed by atoms with Gasteiger partial charge in [-0.25, -0.2) is 4.79 Å². The van der Waals surface area contributed by atoms with E-state index in [4.69, 9.17) is 9.47 Å². The van der Waals surface area contributed by atoms with Gasteiger partial charge in [-0.05, 0) is 36.8 Å². The SMILES string of the molecule is C=C(CS)COc1ccc(C(=O)OCC)cc1. The van der Waals surface area contributed by atoms with Crippen molar-refractivity contribution < 1.29 is 14.3 Å². The zero-order valence-electron chi connectivity index (χ0n) is 9.81. The van der Waals surface area contributed by atoms with Gasteiger partial charge in [-0.2, -0.15) is 12.6 Å². The van der Waals surface area contributed by atoms with Crippen molar-refractivity contribution in [3.8, 4) is 5.75 Å². The van der Waals surface area contributed by atoms with E-state index < -0.39 is 0 Å². The van der Waals surface area contributed by atoms with Gasteiger partial charge < -0.3 is 9.47 Å². The molecule has 0 aliphatic carbocycles. The predicted molar refractivity (Wildman–Crippen MR) is 70.9 cm³/mol. The Balaban J connectivity index is 2.56. The van der Waals surface area contributed by atoms with Gasteiger partial charge in [0.15, 0.2) is 0 Å². The van der Waals surface area contributed by atoms with Crippen LogP contribution in [-0.2, 0) is 4.74 Å². The van der Waals surface area contributed by atoms with Crippen molar-refractivity contribution in [3.63, 3.8) is 0 Å². The standard InChI is InChI=1S/C13H16O3S/c1-3-15-13(14)11-4-6-12(7-5-11)16-8-10(2)9-17/h4-7,17H,2-3,8-9H2,1H3. The van der Waals surface area contributed by atoms with Gasteiger partial charge in [0.2, 0.25) is 0 Å². The Bertz CT molecular complexity index is 384. The molecule has 0 aliphatic heterocycles. The number of rotatable bonds is 6. The highest BCUT2D eigenvalue weighted by molar-refractivity contribution is 7.80. The smallest absolute Gasteiger partial charge is 0.338 e. The van der Waals surface area contributed by atoms with Crippen LogP contribution in [0.25, 0.3) is 0 Å². The number of carbonyl (C=O) groups is 1. The molecule has 0 aliphatic rings. The second-order valence-corrected chi connectivity index (χ2v) is 3.76. The van der Waals surface area contributed by atoms with E-state index in [2.05, 4.69) is 19.2 Å². The molecule has 0 N–H and O–H groups in total. The molecule has 0 unspecified atom stereocenters. The number of esters is 1. The van der Waals surface area contributed by atoms with Crippen molar-refractivity contribution in [2.45, 2.75) is 6.92 Å². The molecule has 1 aromatic rings. The summed E-state index contributed by atoms with van der Waals surface area (Å²) in [6, 6.07) is 6.82. The Hall–Kier alpha value is -1.42. The minimum atomic E-state index is -0.321. The molecule has 0 heterocycles. The van der Waals surface area contributed by atoms with Gasteiger partial charge in [-0.1, -0.05) is 6.58 Å². The number of thiol groups is 1. The van der Waals surface area contributed by atoms with E-state index in [1.54, 1.807) is 31.2 Å². The number of hydrogen-bond donors (Lipinski definition) is 1. The first-order valence-corrected chi connectivity index (χ1v) is 5.98. The average molecular weight is 252 g/mol. The first-order valence-electron chi connectivity index (χ1n) is 5.35. The summed E-state index contributed by atoms with van der Waals surface area (Å²) in [6.45, 7) is 6.37. The summed E-state index contributed by atoms with van der Waals surface area (Å²) < 4.78 is 10.3. The third-order valence-electron chi connectivity index (χ3n) is 2.03. The summed E-state index contributed by atoms with van der Waals surface area (Å²) in [6.07, 6.45) is 0. The zero-order chi connectivity index (χ0) is 12.7. The van der Waals surface area contributed by atoms with Crippen LogP contribution in [0.1, 0.15) is 17.3 Å². The number of hydrogen-bond acceptors (Lipinski definition) is 4. The molecule has 17 heavy (non-hydrogen) atoms. The topological polar surface area (TPSA) is 35.5 Å². The third kappa shape index (κ3) is 4.53. The molecule has 3 nitrogen and oxygen atoms in total. The van der Waals surface area contributed by atoms with E-state index in [9.17, 15) is 4.79 Å². The van der Waals surface area contributed by atoms with Crippen molar-refractivity contribution >= 4 is 18.6 Å². The van der Waals surface area contributed by atoms with Crippen LogP contribution in [0, 0.1) is 0 Å². The van der Waals surface area contributed by atoms with Crippen LogP contribution in [0.5, 0.6) is 5.75 Å². The largest absolute Gasteiger partial charge is 0.489 e. The Kier molecular flexibility index (Phi) is 5.63. The summed E-state index contributed by atoms with van der Waals surface area (Å²) in [5, 5.41) is 0. The molecule has 0 atom stereocenters. The van der Waals surface area contributed by atoms with Crippen LogP contribution in [-0.4, -0.2) is 24.9 Å². The molecule has 0 amide bonds. The fourth-order valence-corrected chi connectivity index (χ4v) is 1.22. The summed E-state index contributed by atoms with van der Waals surface area (Å²) >= 11 is 4.09. The maximum atomic E-state index is 11.4. The first kappa shape index (κ1) is 13.6. The van der Waals surface area contributed by atoms with Crippen molar-refractivity contribution in [1.82, 2.24) is 0 Å². The molecule has 0 saturated carbocycles. The van der Waals surface area contributed by atoms with Gasteiger partial charge in [0.1, 0.15) is 12.4 Å². The molecule has 0 aromatic heterocycles. The average Bonchev–Trinajstić information content (AvgIpc) is 2.36. The highest BCUT2D eigenvalue weighted by Gasteiger charge is 2.05. The summed E-state index contributed by atoms with van der Waals surface area (Å²) in [7, 11) is 0. The van der Waals surface area contributed by atoms with E-state index in [0.717, 1.165) is 5.57 Å². The molecule has 1 aromatic carbocycles. The van der Waals surface area contributed by atoms with Gasteiger partial charge >= 0.3 is 5.97 Å². The molecule has 1 rings (SSSR count). The number of ether oxygens (including phenoxy) is 2. The summed E-state index contributed by atoms with van der Waals surface area (Å²) in [4.78, 5) is 11.4. The van der Waals surface area contributed by atoms with Crippen molar-refractivity contribution in [1.29, 1.82) is 0 Å². The number of carbonyl (C=O) groups excluding carboxylic acids is 1. The minimum absolute atomic E-state index is 0.321. The maximum absolute atomic E-state index is 11.4. The highest BCUT2D eigenvalue weighted by atomic mass is 32.1. The Labute approximate surface area is 107 Å². The van der Waals surface area contributed by atoms with Crippen LogP contribution in [0.15, 0.2) is 36.4 Å². The van der Waals surface area contributed by atoms with E-state index in [1.807, 2.05) is 0 Å². The van der Waals surface area contributed by atoms with Gasteiger partial charge in [-0.3, -0.25) is 0 Å². The lowest BCUT2D eigenvalue weighted by Gasteiger charge is -2.07. The molecule has 0 fully saturated rings.